The maximum atomic E-state index is 12.3. The van der Waals surface area contributed by atoms with Crippen LogP contribution in [0.25, 0.3) is 10.9 Å². The number of methoxy groups -OCH3 is 1. The fraction of sp³-hybridized carbons (Fsp3) is 0.462. The highest BCUT2D eigenvalue weighted by Crippen LogP contribution is 2.41. The highest BCUT2D eigenvalue weighted by Gasteiger charge is 2.41. The van der Waals surface area contributed by atoms with Crippen molar-refractivity contribution in [1.29, 1.82) is 0 Å². The number of thioether (sulfide) groups is 1. The third-order valence-corrected chi connectivity index (χ3v) is 8.27. The Labute approximate surface area is 220 Å². The quantitative estimate of drug-likeness (QED) is 0.265. The Morgan fingerprint density at radius 2 is 2.06 bits per heavy atom. The molecule has 1 saturated heterocycles. The van der Waals surface area contributed by atoms with Crippen LogP contribution in [0, 0.1) is 5.41 Å². The minimum absolute atomic E-state index is 0.303. The molecule has 192 valence electrons. The molecule has 1 aromatic carbocycles. The molecule has 36 heavy (non-hydrogen) atoms. The molecule has 2 aromatic heterocycles. The molecular formula is C26H31ClN4O4S. The van der Waals surface area contributed by atoms with Crippen LogP contribution in [0.3, 0.4) is 0 Å². The smallest absolute Gasteiger partial charge is 0.309 e. The van der Waals surface area contributed by atoms with E-state index in [0.717, 1.165) is 36.8 Å². The van der Waals surface area contributed by atoms with Gasteiger partial charge in [-0.1, -0.05) is 11.6 Å². The van der Waals surface area contributed by atoms with Crippen LogP contribution < -0.4 is 4.74 Å². The number of hydrogen-bond donors (Lipinski definition) is 2. The fourth-order valence-corrected chi connectivity index (χ4v) is 5.82. The molecule has 3 heterocycles. The lowest BCUT2D eigenvalue weighted by Gasteiger charge is -2.39. The Bertz CT molecular complexity index is 1180. The summed E-state index contributed by atoms with van der Waals surface area (Å²) in [4.78, 5) is 27.4. The SMILES string of the molecule is COc1ccc2ncc(Cl)c([C@H](O)CCC3(C(=O)O)CCN(CCCSc4cnccn4)CC3)c2c1. The van der Waals surface area contributed by atoms with Crippen molar-refractivity contribution < 1.29 is 19.7 Å². The van der Waals surface area contributed by atoms with Gasteiger partial charge >= 0.3 is 5.97 Å². The van der Waals surface area contributed by atoms with Gasteiger partial charge in [0.2, 0.25) is 0 Å². The number of fused-ring (bicyclic) bond motifs is 1. The maximum absolute atomic E-state index is 12.3. The number of nitrogens with zero attached hydrogens (tertiary/aromatic N) is 4. The lowest BCUT2D eigenvalue weighted by Crippen LogP contribution is -2.44. The van der Waals surface area contributed by atoms with Crippen LogP contribution in [-0.2, 0) is 4.79 Å². The Hall–Kier alpha value is -2.46. The largest absolute Gasteiger partial charge is 0.497 e. The Balaban J connectivity index is 1.34. The van der Waals surface area contributed by atoms with Crippen LogP contribution >= 0.6 is 23.4 Å². The third kappa shape index (κ3) is 6.26. The second kappa shape index (κ2) is 12.2. The number of carboxylic acid groups (broad SMARTS) is 1. The van der Waals surface area contributed by atoms with Crippen molar-refractivity contribution in [1.82, 2.24) is 19.9 Å². The van der Waals surface area contributed by atoms with Gasteiger partial charge in [0.25, 0.3) is 0 Å². The average Bonchev–Trinajstić information content (AvgIpc) is 2.90. The van der Waals surface area contributed by atoms with Crippen LogP contribution in [0.2, 0.25) is 5.02 Å². The molecule has 2 N–H and O–H groups in total. The molecule has 0 unspecified atom stereocenters. The van der Waals surface area contributed by atoms with Gasteiger partial charge in [0.1, 0.15) is 10.8 Å². The number of aliphatic hydroxyl groups excluding tert-OH is 1. The predicted octanol–water partition coefficient (Wildman–Crippen LogP) is 4.85. The number of benzene rings is 1. The molecule has 8 nitrogen and oxygen atoms in total. The molecule has 3 aromatic rings. The van der Waals surface area contributed by atoms with Gasteiger partial charge in [0.15, 0.2) is 0 Å². The van der Waals surface area contributed by atoms with Crippen LogP contribution in [-0.4, -0.2) is 68.5 Å². The molecule has 1 aliphatic heterocycles. The van der Waals surface area contributed by atoms with E-state index in [1.54, 1.807) is 49.6 Å². The van der Waals surface area contributed by atoms with E-state index in [4.69, 9.17) is 16.3 Å². The van der Waals surface area contributed by atoms with E-state index in [0.29, 0.717) is 52.9 Å². The van der Waals surface area contributed by atoms with Crippen molar-refractivity contribution in [3.05, 3.63) is 53.6 Å². The van der Waals surface area contributed by atoms with Gasteiger partial charge in [-0.15, -0.1) is 11.8 Å². The second-order valence-corrected chi connectivity index (χ2v) is 10.7. The topological polar surface area (TPSA) is 109 Å². The Kier molecular flexibility index (Phi) is 9.00. The van der Waals surface area contributed by atoms with E-state index in [9.17, 15) is 15.0 Å². The van der Waals surface area contributed by atoms with Gasteiger partial charge in [-0.25, -0.2) is 4.98 Å². The fourth-order valence-electron chi connectivity index (χ4n) is 4.79. The molecule has 1 atom stereocenters. The molecule has 0 spiro atoms. The number of carbonyl (C=O) groups is 1. The van der Waals surface area contributed by atoms with Crippen molar-refractivity contribution in [2.75, 3.05) is 32.5 Å². The number of aromatic nitrogens is 3. The lowest BCUT2D eigenvalue weighted by atomic mass is 9.74. The van der Waals surface area contributed by atoms with Crippen molar-refractivity contribution in [2.24, 2.45) is 5.41 Å². The van der Waals surface area contributed by atoms with E-state index in [1.165, 1.54) is 6.20 Å². The molecule has 0 amide bonds. The minimum atomic E-state index is -0.900. The highest BCUT2D eigenvalue weighted by molar-refractivity contribution is 7.99. The first-order valence-corrected chi connectivity index (χ1v) is 13.4. The number of pyridine rings is 1. The number of rotatable bonds is 11. The number of piperidine rings is 1. The second-order valence-electron chi connectivity index (χ2n) is 9.13. The van der Waals surface area contributed by atoms with Gasteiger partial charge in [-0.05, 0) is 69.9 Å². The van der Waals surface area contributed by atoms with E-state index < -0.39 is 17.5 Å². The zero-order valence-corrected chi connectivity index (χ0v) is 21.8. The number of likely N-dealkylation sites (tertiary alicyclic amines) is 1. The zero-order valence-electron chi connectivity index (χ0n) is 20.3. The average molecular weight is 531 g/mol. The number of halogens is 1. The van der Waals surface area contributed by atoms with Gasteiger partial charge in [-0.3, -0.25) is 14.8 Å². The predicted molar refractivity (Wildman–Crippen MR) is 141 cm³/mol. The third-order valence-electron chi connectivity index (χ3n) is 6.97. The normalized spacial score (nSPS) is 16.6. The first kappa shape index (κ1) is 26.6. The van der Waals surface area contributed by atoms with Gasteiger partial charge < -0.3 is 19.8 Å². The monoisotopic (exact) mass is 530 g/mol. The molecule has 1 aliphatic rings. The van der Waals surface area contributed by atoms with E-state index in [2.05, 4.69) is 19.9 Å². The Morgan fingerprint density at radius 1 is 1.25 bits per heavy atom. The molecule has 10 heteroatoms. The summed E-state index contributed by atoms with van der Waals surface area (Å²) in [7, 11) is 1.58. The summed E-state index contributed by atoms with van der Waals surface area (Å²) < 4.78 is 5.33. The number of hydrogen-bond acceptors (Lipinski definition) is 8. The van der Waals surface area contributed by atoms with Crippen LogP contribution in [0.1, 0.15) is 43.8 Å². The summed E-state index contributed by atoms with van der Waals surface area (Å²) in [6, 6.07) is 5.43. The maximum Gasteiger partial charge on any atom is 0.309 e. The first-order valence-electron chi connectivity index (χ1n) is 12.1. The number of carboxylic acids is 1. The summed E-state index contributed by atoms with van der Waals surface area (Å²) in [5.41, 5.74) is 0.422. The minimum Gasteiger partial charge on any atom is -0.497 e. The number of aliphatic carboxylic acids is 1. The molecular weight excluding hydrogens is 500 g/mol. The lowest BCUT2D eigenvalue weighted by molar-refractivity contribution is -0.153. The van der Waals surface area contributed by atoms with Gasteiger partial charge in [-0.2, -0.15) is 0 Å². The summed E-state index contributed by atoms with van der Waals surface area (Å²) in [6.07, 6.45) is 8.55. The van der Waals surface area contributed by atoms with Crippen molar-refractivity contribution in [3.63, 3.8) is 0 Å². The molecule has 1 fully saturated rings. The summed E-state index contributed by atoms with van der Waals surface area (Å²) in [6.45, 7) is 2.38. The summed E-state index contributed by atoms with van der Waals surface area (Å²) in [5.74, 6) is 0.793. The van der Waals surface area contributed by atoms with E-state index in [-0.39, 0.29) is 0 Å². The molecule has 0 bridgehead atoms. The summed E-state index contributed by atoms with van der Waals surface area (Å²) in [5, 5.41) is 23.2. The Morgan fingerprint density at radius 3 is 2.75 bits per heavy atom. The first-order chi connectivity index (χ1) is 17.4. The molecule has 4 rings (SSSR count). The standard InChI is InChI=1S/C26H31ClN4O4S/c1-35-18-3-4-21-19(15-18)24(20(27)16-30-21)22(32)5-6-26(25(33)34)7-12-31(13-8-26)11-2-14-36-23-17-28-9-10-29-23/h3-4,9-10,15-17,22,32H,2,5-8,11-14H2,1H3,(H,33,34)/t22-/m1/s1. The van der Waals surface area contributed by atoms with Crippen molar-refractivity contribution >= 4 is 40.2 Å². The van der Waals surface area contributed by atoms with Crippen molar-refractivity contribution in [2.45, 2.75) is 43.2 Å². The molecule has 0 aliphatic carbocycles. The van der Waals surface area contributed by atoms with Crippen LogP contribution in [0.15, 0.2) is 48.0 Å². The van der Waals surface area contributed by atoms with Crippen LogP contribution in [0.5, 0.6) is 5.75 Å². The van der Waals surface area contributed by atoms with Crippen molar-refractivity contribution in [3.8, 4) is 5.75 Å². The zero-order chi connectivity index (χ0) is 25.5. The highest BCUT2D eigenvalue weighted by atomic mass is 35.5. The van der Waals surface area contributed by atoms with Gasteiger partial charge in [0.05, 0.1) is 35.4 Å². The van der Waals surface area contributed by atoms with E-state index in [1.807, 2.05) is 6.07 Å². The number of aliphatic hydroxyl groups is 1. The molecule has 0 saturated carbocycles. The van der Waals surface area contributed by atoms with Gasteiger partial charge in [0, 0.05) is 35.3 Å². The summed E-state index contributed by atoms with van der Waals surface area (Å²) >= 11 is 8.12. The van der Waals surface area contributed by atoms with Crippen LogP contribution in [0.4, 0.5) is 0 Å². The molecule has 0 radical (unpaired) electrons. The number of ether oxygens (including phenoxy) is 1. The van der Waals surface area contributed by atoms with E-state index >= 15 is 0 Å².